The zero-order valence-electron chi connectivity index (χ0n) is 9.76. The Morgan fingerprint density at radius 3 is 2.36 bits per heavy atom. The highest BCUT2D eigenvalue weighted by atomic mass is 79.9. The molecule has 0 aliphatic heterocycles. The molecule has 0 spiro atoms. The van der Waals surface area contributed by atoms with Gasteiger partial charge in [0.2, 0.25) is 0 Å². The first-order valence-corrected chi connectivity index (χ1v) is 6.15. The summed E-state index contributed by atoms with van der Waals surface area (Å²) >= 11 is 3.66. The lowest BCUT2D eigenvalue weighted by atomic mass is 10.1. The second kappa shape index (κ2) is 4.52. The molecule has 0 saturated heterocycles. The van der Waals surface area contributed by atoms with Crippen LogP contribution in [0.15, 0.2) is 10.5 Å². The van der Waals surface area contributed by atoms with E-state index in [4.69, 9.17) is 0 Å². The fourth-order valence-corrected chi connectivity index (χ4v) is 2.90. The van der Waals surface area contributed by atoms with Gasteiger partial charge in [-0.3, -0.25) is 0 Å². The molecule has 0 saturated carbocycles. The molecule has 2 heteroatoms. The molecule has 0 fully saturated rings. The van der Waals surface area contributed by atoms with Gasteiger partial charge in [0.1, 0.15) is 0 Å². The van der Waals surface area contributed by atoms with Crippen LogP contribution in [0.1, 0.15) is 57.5 Å². The standard InChI is InChI=1S/C12H20BrN/c1-6-9(4)12-11(13)7-10(5)14(12)8(2)3/h7-9H,6H2,1-5H3. The zero-order valence-corrected chi connectivity index (χ0v) is 11.4. The molecule has 0 aliphatic carbocycles. The lowest BCUT2D eigenvalue weighted by Crippen LogP contribution is -2.09. The van der Waals surface area contributed by atoms with Crippen molar-refractivity contribution in [3.8, 4) is 0 Å². The average Bonchev–Trinajstić information content (AvgIpc) is 2.39. The topological polar surface area (TPSA) is 4.93 Å². The summed E-state index contributed by atoms with van der Waals surface area (Å²) in [6.07, 6.45) is 1.19. The molecule has 80 valence electrons. The van der Waals surface area contributed by atoms with Crippen LogP contribution in [0.3, 0.4) is 0 Å². The summed E-state index contributed by atoms with van der Waals surface area (Å²) in [6.45, 7) is 11.2. The quantitative estimate of drug-likeness (QED) is 0.743. The fourth-order valence-electron chi connectivity index (χ4n) is 1.98. The van der Waals surface area contributed by atoms with Crippen molar-refractivity contribution in [1.29, 1.82) is 0 Å². The second-order valence-electron chi connectivity index (χ2n) is 4.29. The van der Waals surface area contributed by atoms with E-state index < -0.39 is 0 Å². The van der Waals surface area contributed by atoms with Crippen LogP contribution in [0.2, 0.25) is 0 Å². The second-order valence-corrected chi connectivity index (χ2v) is 5.15. The largest absolute Gasteiger partial charge is 0.345 e. The summed E-state index contributed by atoms with van der Waals surface area (Å²) in [5.74, 6) is 0.625. The molecule has 0 bridgehead atoms. The molecule has 0 aliphatic rings. The van der Waals surface area contributed by atoms with Crippen LogP contribution in [0.4, 0.5) is 0 Å². The van der Waals surface area contributed by atoms with Crippen LogP contribution in [-0.2, 0) is 0 Å². The Kier molecular flexibility index (Phi) is 3.82. The van der Waals surface area contributed by atoms with Crippen molar-refractivity contribution in [1.82, 2.24) is 4.57 Å². The Labute approximate surface area is 95.6 Å². The summed E-state index contributed by atoms with van der Waals surface area (Å²) in [6, 6.07) is 2.77. The first-order valence-electron chi connectivity index (χ1n) is 5.36. The van der Waals surface area contributed by atoms with Crippen molar-refractivity contribution < 1.29 is 0 Å². The van der Waals surface area contributed by atoms with E-state index in [2.05, 4.69) is 61.2 Å². The summed E-state index contributed by atoms with van der Waals surface area (Å²) in [4.78, 5) is 0. The summed E-state index contributed by atoms with van der Waals surface area (Å²) in [5, 5.41) is 0. The molecule has 1 heterocycles. The Morgan fingerprint density at radius 2 is 1.93 bits per heavy atom. The van der Waals surface area contributed by atoms with E-state index in [1.54, 1.807) is 0 Å². The third-order valence-corrected chi connectivity index (χ3v) is 3.45. The minimum absolute atomic E-state index is 0.547. The maximum absolute atomic E-state index is 3.66. The van der Waals surface area contributed by atoms with E-state index in [1.165, 1.54) is 22.3 Å². The molecule has 0 aromatic carbocycles. The van der Waals surface area contributed by atoms with E-state index in [9.17, 15) is 0 Å². The highest BCUT2D eigenvalue weighted by molar-refractivity contribution is 9.10. The van der Waals surface area contributed by atoms with Gasteiger partial charge in [0.15, 0.2) is 0 Å². The highest BCUT2D eigenvalue weighted by Crippen LogP contribution is 2.32. The van der Waals surface area contributed by atoms with Gasteiger partial charge in [-0.05, 0) is 55.1 Å². The smallest absolute Gasteiger partial charge is 0.0390 e. The predicted octanol–water partition coefficient (Wildman–Crippen LogP) is 4.65. The van der Waals surface area contributed by atoms with Gasteiger partial charge in [-0.25, -0.2) is 0 Å². The Hall–Kier alpha value is -0.240. The molecule has 0 amide bonds. The first kappa shape index (κ1) is 11.8. The number of hydrogen-bond acceptors (Lipinski definition) is 0. The molecule has 1 aromatic heterocycles. The van der Waals surface area contributed by atoms with Crippen molar-refractivity contribution in [2.75, 3.05) is 0 Å². The van der Waals surface area contributed by atoms with Gasteiger partial charge >= 0.3 is 0 Å². The van der Waals surface area contributed by atoms with Gasteiger partial charge in [-0.15, -0.1) is 0 Å². The molecule has 0 N–H and O–H groups in total. The number of halogens is 1. The fraction of sp³-hybridized carbons (Fsp3) is 0.667. The normalized spacial score (nSPS) is 13.6. The molecular formula is C12H20BrN. The number of aryl methyl sites for hydroxylation is 1. The maximum Gasteiger partial charge on any atom is 0.0390 e. The Balaban J connectivity index is 3.24. The minimum atomic E-state index is 0.547. The molecule has 1 atom stereocenters. The van der Waals surface area contributed by atoms with E-state index in [1.807, 2.05) is 0 Å². The van der Waals surface area contributed by atoms with E-state index in [0.717, 1.165) is 0 Å². The van der Waals surface area contributed by atoms with Gasteiger partial charge in [0, 0.05) is 21.9 Å². The zero-order chi connectivity index (χ0) is 10.9. The Bertz CT molecular complexity index is 312. The van der Waals surface area contributed by atoms with Gasteiger partial charge in [0.05, 0.1) is 0 Å². The van der Waals surface area contributed by atoms with E-state index >= 15 is 0 Å². The number of rotatable bonds is 3. The summed E-state index contributed by atoms with van der Waals surface area (Å²) < 4.78 is 3.69. The van der Waals surface area contributed by atoms with E-state index in [-0.39, 0.29) is 0 Å². The van der Waals surface area contributed by atoms with Gasteiger partial charge in [-0.2, -0.15) is 0 Å². The number of nitrogens with zero attached hydrogens (tertiary/aromatic N) is 1. The molecule has 1 nitrogen and oxygen atoms in total. The average molecular weight is 258 g/mol. The minimum Gasteiger partial charge on any atom is -0.345 e. The molecule has 14 heavy (non-hydrogen) atoms. The predicted molar refractivity (Wildman–Crippen MR) is 66.0 cm³/mol. The van der Waals surface area contributed by atoms with Crippen LogP contribution in [0.5, 0.6) is 0 Å². The number of aromatic nitrogens is 1. The number of hydrogen-bond donors (Lipinski definition) is 0. The van der Waals surface area contributed by atoms with Crippen LogP contribution in [-0.4, -0.2) is 4.57 Å². The summed E-state index contributed by atoms with van der Waals surface area (Å²) in [7, 11) is 0. The molecular weight excluding hydrogens is 238 g/mol. The van der Waals surface area contributed by atoms with Crippen molar-refractivity contribution in [3.63, 3.8) is 0 Å². The van der Waals surface area contributed by atoms with Crippen LogP contribution >= 0.6 is 15.9 Å². The molecule has 0 radical (unpaired) electrons. The summed E-state index contributed by atoms with van der Waals surface area (Å²) in [5.41, 5.74) is 2.79. The molecule has 1 rings (SSSR count). The SMILES string of the molecule is CCC(C)c1c(Br)cc(C)n1C(C)C. The van der Waals surface area contributed by atoms with Crippen molar-refractivity contribution in [2.24, 2.45) is 0 Å². The van der Waals surface area contributed by atoms with Gasteiger partial charge in [0.25, 0.3) is 0 Å². The Morgan fingerprint density at radius 1 is 1.36 bits per heavy atom. The maximum atomic E-state index is 3.66. The van der Waals surface area contributed by atoms with Crippen LogP contribution in [0, 0.1) is 6.92 Å². The van der Waals surface area contributed by atoms with Gasteiger partial charge < -0.3 is 4.57 Å². The van der Waals surface area contributed by atoms with E-state index in [0.29, 0.717) is 12.0 Å². The van der Waals surface area contributed by atoms with Crippen molar-refractivity contribution in [2.45, 2.75) is 53.0 Å². The van der Waals surface area contributed by atoms with Crippen molar-refractivity contribution >= 4 is 15.9 Å². The van der Waals surface area contributed by atoms with Crippen LogP contribution < -0.4 is 0 Å². The highest BCUT2D eigenvalue weighted by Gasteiger charge is 2.17. The third kappa shape index (κ3) is 2.05. The van der Waals surface area contributed by atoms with Crippen molar-refractivity contribution in [3.05, 3.63) is 21.9 Å². The lowest BCUT2D eigenvalue weighted by molar-refractivity contribution is 0.532. The van der Waals surface area contributed by atoms with Gasteiger partial charge in [-0.1, -0.05) is 13.8 Å². The molecule has 1 aromatic rings. The lowest BCUT2D eigenvalue weighted by Gasteiger charge is -2.19. The monoisotopic (exact) mass is 257 g/mol. The molecule has 1 unspecified atom stereocenters. The van der Waals surface area contributed by atoms with Crippen LogP contribution in [0.25, 0.3) is 0 Å². The third-order valence-electron chi connectivity index (χ3n) is 2.82. The first-order chi connectivity index (χ1) is 6.49.